The van der Waals surface area contributed by atoms with Crippen molar-refractivity contribution in [3.05, 3.63) is 28.7 Å². The maximum Gasteiger partial charge on any atom is 0.170 e. The third kappa shape index (κ3) is 2.46. The van der Waals surface area contributed by atoms with E-state index in [9.17, 15) is 17.6 Å². The van der Waals surface area contributed by atoms with Crippen molar-refractivity contribution >= 4 is 38.6 Å². The Kier molecular flexibility index (Phi) is 3.60. The van der Waals surface area contributed by atoms with E-state index in [-0.39, 0.29) is 40.9 Å². The quantitative estimate of drug-likeness (QED) is 0.772. The number of hydrogen-bond acceptors (Lipinski definition) is 5. The Hall–Kier alpha value is -1.67. The highest BCUT2D eigenvalue weighted by Crippen LogP contribution is 2.31. The van der Waals surface area contributed by atoms with Gasteiger partial charge in [-0.2, -0.15) is 5.10 Å². The second-order valence-corrected chi connectivity index (χ2v) is 7.89. The topological polar surface area (TPSA) is 71.8 Å². The van der Waals surface area contributed by atoms with E-state index in [1.165, 1.54) is 17.5 Å². The molecule has 1 aliphatic heterocycles. The Balaban J connectivity index is 2.21. The van der Waals surface area contributed by atoms with Crippen molar-refractivity contribution in [3.8, 4) is 0 Å². The standard InChI is InChI=1S/C13H13ClFN3O3S/c1-8(19)9-6-10(14)12-11(15)7-16-18(12)13(9)17-2-4-22(20,21)5-3-17/h6-7H,2-5H2,1H3. The Labute approximate surface area is 131 Å². The lowest BCUT2D eigenvalue weighted by molar-refractivity contribution is 0.101. The molecule has 1 aliphatic rings. The normalized spacial score (nSPS) is 17.9. The van der Waals surface area contributed by atoms with E-state index in [2.05, 4.69) is 5.10 Å². The van der Waals surface area contributed by atoms with E-state index >= 15 is 0 Å². The summed E-state index contributed by atoms with van der Waals surface area (Å²) in [6.07, 6.45) is 1.02. The van der Waals surface area contributed by atoms with E-state index in [0.717, 1.165) is 6.20 Å². The van der Waals surface area contributed by atoms with Gasteiger partial charge in [0.05, 0.1) is 28.3 Å². The lowest BCUT2D eigenvalue weighted by Gasteiger charge is -2.30. The molecule has 0 unspecified atom stereocenters. The number of Topliss-reactive ketones (excluding diaryl/α,β-unsaturated/α-hetero) is 1. The number of sulfone groups is 1. The Bertz CT molecular complexity index is 864. The summed E-state index contributed by atoms with van der Waals surface area (Å²) < 4.78 is 38.3. The van der Waals surface area contributed by atoms with Crippen molar-refractivity contribution in [1.29, 1.82) is 0 Å². The van der Waals surface area contributed by atoms with E-state index in [0.29, 0.717) is 11.4 Å². The van der Waals surface area contributed by atoms with Crippen LogP contribution in [0.1, 0.15) is 17.3 Å². The molecule has 22 heavy (non-hydrogen) atoms. The number of ketones is 1. The molecule has 0 saturated carbocycles. The van der Waals surface area contributed by atoms with Crippen LogP contribution in [0.2, 0.25) is 5.02 Å². The lowest BCUT2D eigenvalue weighted by atomic mass is 10.1. The summed E-state index contributed by atoms with van der Waals surface area (Å²) in [5.74, 6) is -0.490. The monoisotopic (exact) mass is 345 g/mol. The number of carbonyl (C=O) groups is 1. The van der Waals surface area contributed by atoms with Gasteiger partial charge >= 0.3 is 0 Å². The molecule has 3 heterocycles. The fourth-order valence-corrected chi connectivity index (χ4v) is 4.05. The first-order chi connectivity index (χ1) is 10.3. The van der Waals surface area contributed by atoms with Gasteiger partial charge in [0, 0.05) is 13.1 Å². The van der Waals surface area contributed by atoms with Crippen LogP contribution in [-0.2, 0) is 9.84 Å². The number of fused-ring (bicyclic) bond motifs is 1. The third-order valence-electron chi connectivity index (χ3n) is 3.69. The minimum atomic E-state index is -3.07. The van der Waals surface area contributed by atoms with E-state index in [1.54, 1.807) is 4.90 Å². The molecule has 0 atom stereocenters. The first kappa shape index (κ1) is 15.2. The number of rotatable bonds is 2. The molecule has 0 spiro atoms. The second kappa shape index (κ2) is 5.20. The average Bonchev–Trinajstić information content (AvgIpc) is 2.82. The highest BCUT2D eigenvalue weighted by Gasteiger charge is 2.28. The van der Waals surface area contributed by atoms with Crippen molar-refractivity contribution in [2.24, 2.45) is 0 Å². The second-order valence-electron chi connectivity index (χ2n) is 5.18. The van der Waals surface area contributed by atoms with Crippen molar-refractivity contribution < 1.29 is 17.6 Å². The molecular weight excluding hydrogens is 333 g/mol. The van der Waals surface area contributed by atoms with Gasteiger partial charge in [0.2, 0.25) is 0 Å². The van der Waals surface area contributed by atoms with Crippen LogP contribution in [0, 0.1) is 5.82 Å². The molecule has 3 rings (SSSR count). The Morgan fingerprint density at radius 2 is 2.00 bits per heavy atom. The summed E-state index contributed by atoms with van der Waals surface area (Å²) in [5, 5.41) is 4.04. The highest BCUT2D eigenvalue weighted by molar-refractivity contribution is 7.91. The fourth-order valence-electron chi connectivity index (χ4n) is 2.57. The summed E-state index contributed by atoms with van der Waals surface area (Å²) in [6, 6.07) is 1.41. The number of aromatic nitrogens is 2. The average molecular weight is 346 g/mol. The molecule has 118 valence electrons. The van der Waals surface area contributed by atoms with Crippen LogP contribution in [0.3, 0.4) is 0 Å². The van der Waals surface area contributed by atoms with Gasteiger partial charge in [-0.25, -0.2) is 17.3 Å². The number of hydrogen-bond donors (Lipinski definition) is 0. The number of halogens is 2. The van der Waals surface area contributed by atoms with E-state index in [1.807, 2.05) is 0 Å². The van der Waals surface area contributed by atoms with Gasteiger partial charge in [-0.15, -0.1) is 0 Å². The van der Waals surface area contributed by atoms with Crippen LogP contribution >= 0.6 is 11.6 Å². The van der Waals surface area contributed by atoms with Crippen LogP contribution < -0.4 is 4.90 Å². The van der Waals surface area contributed by atoms with Gasteiger partial charge in [0.1, 0.15) is 11.3 Å². The molecule has 0 aliphatic carbocycles. The fraction of sp³-hybridized carbons (Fsp3) is 0.385. The molecule has 6 nitrogen and oxygen atoms in total. The number of nitrogens with zero attached hydrogens (tertiary/aromatic N) is 3. The number of carbonyl (C=O) groups excluding carboxylic acids is 1. The zero-order valence-corrected chi connectivity index (χ0v) is 13.3. The van der Waals surface area contributed by atoms with Crippen molar-refractivity contribution in [1.82, 2.24) is 9.61 Å². The molecule has 0 amide bonds. The number of anilines is 1. The molecule has 2 aromatic heterocycles. The maximum atomic E-state index is 13.8. The summed E-state index contributed by atoms with van der Waals surface area (Å²) in [6.45, 7) is 1.82. The Morgan fingerprint density at radius 1 is 1.36 bits per heavy atom. The summed E-state index contributed by atoms with van der Waals surface area (Å²) in [5.41, 5.74) is 0.370. The summed E-state index contributed by atoms with van der Waals surface area (Å²) >= 11 is 6.04. The molecule has 1 saturated heterocycles. The Morgan fingerprint density at radius 3 is 2.59 bits per heavy atom. The van der Waals surface area contributed by atoms with Gasteiger partial charge in [0.25, 0.3) is 0 Å². The molecular formula is C13H13ClFN3O3S. The zero-order valence-electron chi connectivity index (χ0n) is 11.7. The minimum Gasteiger partial charge on any atom is -0.354 e. The smallest absolute Gasteiger partial charge is 0.170 e. The summed E-state index contributed by atoms with van der Waals surface area (Å²) in [7, 11) is -3.07. The summed E-state index contributed by atoms with van der Waals surface area (Å²) in [4.78, 5) is 13.6. The highest BCUT2D eigenvalue weighted by atomic mass is 35.5. The molecule has 1 fully saturated rings. The number of pyridine rings is 1. The van der Waals surface area contributed by atoms with Crippen LogP contribution in [0.5, 0.6) is 0 Å². The first-order valence-corrected chi connectivity index (χ1v) is 8.82. The third-order valence-corrected chi connectivity index (χ3v) is 5.58. The molecule has 0 bridgehead atoms. The van der Waals surface area contributed by atoms with E-state index < -0.39 is 15.7 Å². The molecule has 9 heteroatoms. The van der Waals surface area contributed by atoms with Gasteiger partial charge in [-0.3, -0.25) is 4.79 Å². The van der Waals surface area contributed by atoms with Crippen LogP contribution in [0.15, 0.2) is 12.3 Å². The van der Waals surface area contributed by atoms with Crippen molar-refractivity contribution in [2.75, 3.05) is 29.5 Å². The maximum absolute atomic E-state index is 13.8. The van der Waals surface area contributed by atoms with Crippen molar-refractivity contribution in [2.45, 2.75) is 6.92 Å². The van der Waals surface area contributed by atoms with E-state index in [4.69, 9.17) is 11.6 Å². The molecule has 0 aromatic carbocycles. The zero-order chi connectivity index (χ0) is 16.1. The first-order valence-electron chi connectivity index (χ1n) is 6.62. The molecule has 0 N–H and O–H groups in total. The van der Waals surface area contributed by atoms with Crippen LogP contribution in [0.25, 0.3) is 5.52 Å². The van der Waals surface area contributed by atoms with Crippen LogP contribution in [-0.4, -0.2) is 48.4 Å². The van der Waals surface area contributed by atoms with Crippen molar-refractivity contribution in [3.63, 3.8) is 0 Å². The van der Waals surface area contributed by atoms with Gasteiger partial charge in [0.15, 0.2) is 21.4 Å². The largest absolute Gasteiger partial charge is 0.354 e. The predicted octanol–water partition coefficient (Wildman–Crippen LogP) is 1.56. The van der Waals surface area contributed by atoms with Gasteiger partial charge in [-0.1, -0.05) is 11.6 Å². The van der Waals surface area contributed by atoms with Gasteiger partial charge < -0.3 is 4.90 Å². The SMILES string of the molecule is CC(=O)c1cc(Cl)c2c(F)cnn2c1N1CCS(=O)(=O)CC1. The predicted molar refractivity (Wildman–Crippen MR) is 81.0 cm³/mol. The van der Waals surface area contributed by atoms with Crippen LogP contribution in [0.4, 0.5) is 10.2 Å². The minimum absolute atomic E-state index is 0.0157. The molecule has 0 radical (unpaired) electrons. The molecule has 2 aromatic rings. The van der Waals surface area contributed by atoms with Gasteiger partial charge in [-0.05, 0) is 13.0 Å². The lowest BCUT2D eigenvalue weighted by Crippen LogP contribution is -2.42.